The number of aliphatic hydroxyl groups excluding tert-OH is 2. The number of likely N-dealkylation sites (tertiary alicyclic amines) is 1. The summed E-state index contributed by atoms with van der Waals surface area (Å²) in [6, 6.07) is 3.61. The van der Waals surface area contributed by atoms with Gasteiger partial charge >= 0.3 is 0 Å². The summed E-state index contributed by atoms with van der Waals surface area (Å²) in [4.78, 5) is 13.7. The van der Waals surface area contributed by atoms with Crippen LogP contribution in [0.2, 0.25) is 0 Å². The number of hydrogen-bond acceptors (Lipinski definition) is 3. The molecule has 5 heteroatoms. The molecule has 2 atom stereocenters. The minimum atomic E-state index is -0.825. The van der Waals surface area contributed by atoms with Gasteiger partial charge in [0, 0.05) is 25.8 Å². The SMILES string of the molecule is CCCn1cccc1C(=O)N1CC(O)C(O)C1. The van der Waals surface area contributed by atoms with E-state index in [1.54, 1.807) is 6.07 Å². The summed E-state index contributed by atoms with van der Waals surface area (Å²) >= 11 is 0. The van der Waals surface area contributed by atoms with Crippen LogP contribution < -0.4 is 0 Å². The minimum absolute atomic E-state index is 0.126. The van der Waals surface area contributed by atoms with E-state index in [-0.39, 0.29) is 19.0 Å². The van der Waals surface area contributed by atoms with Crippen LogP contribution in [0.25, 0.3) is 0 Å². The maximum atomic E-state index is 12.2. The largest absolute Gasteiger partial charge is 0.388 e. The van der Waals surface area contributed by atoms with Crippen molar-refractivity contribution >= 4 is 5.91 Å². The molecule has 1 aliphatic rings. The average molecular weight is 238 g/mol. The molecule has 1 fully saturated rings. The molecule has 0 saturated carbocycles. The molecule has 1 aliphatic heterocycles. The van der Waals surface area contributed by atoms with Crippen LogP contribution in [-0.4, -0.2) is 50.9 Å². The first-order valence-electron chi connectivity index (χ1n) is 5.94. The second-order valence-electron chi connectivity index (χ2n) is 4.43. The predicted octanol–water partition coefficient (Wildman–Crippen LogP) is 0.0757. The third-order valence-electron chi connectivity index (χ3n) is 3.06. The number of aliphatic hydroxyl groups is 2. The summed E-state index contributed by atoms with van der Waals surface area (Å²) < 4.78 is 1.90. The Balaban J connectivity index is 2.12. The van der Waals surface area contributed by atoms with Crippen LogP contribution in [0.5, 0.6) is 0 Å². The number of β-amino-alcohol motifs (C(OH)–C–C–N with tert-alkyl or cyclic N) is 2. The first-order chi connectivity index (χ1) is 8.13. The summed E-state index contributed by atoms with van der Waals surface area (Å²) in [5.41, 5.74) is 0.619. The molecule has 2 unspecified atom stereocenters. The summed E-state index contributed by atoms with van der Waals surface area (Å²) in [6.07, 6.45) is 1.18. The van der Waals surface area contributed by atoms with Crippen LogP contribution in [0.1, 0.15) is 23.8 Å². The van der Waals surface area contributed by atoms with Crippen molar-refractivity contribution in [1.29, 1.82) is 0 Å². The lowest BCUT2D eigenvalue weighted by Crippen LogP contribution is -2.31. The van der Waals surface area contributed by atoms with Crippen molar-refractivity contribution < 1.29 is 15.0 Å². The summed E-state index contributed by atoms with van der Waals surface area (Å²) in [5, 5.41) is 18.9. The number of rotatable bonds is 3. The van der Waals surface area contributed by atoms with Gasteiger partial charge in [-0.15, -0.1) is 0 Å². The molecule has 0 aromatic carbocycles. The zero-order valence-electron chi connectivity index (χ0n) is 9.91. The van der Waals surface area contributed by atoms with Crippen LogP contribution >= 0.6 is 0 Å². The second kappa shape index (κ2) is 4.89. The van der Waals surface area contributed by atoms with Crippen molar-refractivity contribution in [3.05, 3.63) is 24.0 Å². The molecular formula is C12H18N2O3. The number of carbonyl (C=O) groups is 1. The molecule has 5 nitrogen and oxygen atoms in total. The monoisotopic (exact) mass is 238 g/mol. The molecule has 2 heterocycles. The highest BCUT2D eigenvalue weighted by atomic mass is 16.3. The Morgan fingerprint density at radius 1 is 1.41 bits per heavy atom. The number of carbonyl (C=O) groups excluding carboxylic acids is 1. The van der Waals surface area contributed by atoms with Gasteiger partial charge in [-0.25, -0.2) is 0 Å². The first kappa shape index (κ1) is 12.1. The van der Waals surface area contributed by atoms with Crippen LogP contribution in [0.4, 0.5) is 0 Å². The predicted molar refractivity (Wildman–Crippen MR) is 62.6 cm³/mol. The minimum Gasteiger partial charge on any atom is -0.388 e. The number of nitrogens with zero attached hydrogens (tertiary/aromatic N) is 2. The molecule has 0 aliphatic carbocycles. The third-order valence-corrected chi connectivity index (χ3v) is 3.06. The lowest BCUT2D eigenvalue weighted by molar-refractivity contribution is 0.0572. The zero-order valence-corrected chi connectivity index (χ0v) is 9.91. The van der Waals surface area contributed by atoms with Gasteiger partial charge in [0.2, 0.25) is 0 Å². The van der Waals surface area contributed by atoms with E-state index in [1.165, 1.54) is 4.90 Å². The van der Waals surface area contributed by atoms with E-state index in [2.05, 4.69) is 6.92 Å². The van der Waals surface area contributed by atoms with Gasteiger partial charge in [-0.1, -0.05) is 6.92 Å². The average Bonchev–Trinajstić information content (AvgIpc) is 2.87. The van der Waals surface area contributed by atoms with Gasteiger partial charge in [0.1, 0.15) is 5.69 Å². The quantitative estimate of drug-likeness (QED) is 0.783. The summed E-state index contributed by atoms with van der Waals surface area (Å²) in [5.74, 6) is -0.126. The molecule has 1 aromatic rings. The molecule has 0 radical (unpaired) electrons. The van der Waals surface area contributed by atoms with Crippen molar-refractivity contribution in [3.8, 4) is 0 Å². The van der Waals surface area contributed by atoms with E-state index in [0.29, 0.717) is 5.69 Å². The van der Waals surface area contributed by atoms with Gasteiger partial charge in [-0.3, -0.25) is 4.79 Å². The van der Waals surface area contributed by atoms with Crippen molar-refractivity contribution in [2.45, 2.75) is 32.1 Å². The first-order valence-corrected chi connectivity index (χ1v) is 5.94. The number of hydrogen-bond donors (Lipinski definition) is 2. The fraction of sp³-hybridized carbons (Fsp3) is 0.583. The van der Waals surface area contributed by atoms with E-state index in [1.807, 2.05) is 16.8 Å². The molecule has 1 aromatic heterocycles. The Morgan fingerprint density at radius 3 is 2.65 bits per heavy atom. The van der Waals surface area contributed by atoms with E-state index in [4.69, 9.17) is 0 Å². The summed E-state index contributed by atoms with van der Waals surface area (Å²) in [7, 11) is 0. The van der Waals surface area contributed by atoms with E-state index < -0.39 is 12.2 Å². The molecule has 94 valence electrons. The van der Waals surface area contributed by atoms with Gasteiger partial charge in [-0.05, 0) is 18.6 Å². The summed E-state index contributed by atoms with van der Waals surface area (Å²) in [6.45, 7) is 3.26. The topological polar surface area (TPSA) is 65.7 Å². The molecule has 0 spiro atoms. The Hall–Kier alpha value is -1.33. The van der Waals surface area contributed by atoms with Gasteiger partial charge in [0.05, 0.1) is 12.2 Å². The molecule has 1 amide bonds. The maximum Gasteiger partial charge on any atom is 0.270 e. The van der Waals surface area contributed by atoms with E-state index in [0.717, 1.165) is 13.0 Å². The van der Waals surface area contributed by atoms with E-state index >= 15 is 0 Å². The van der Waals surface area contributed by atoms with Crippen molar-refractivity contribution in [3.63, 3.8) is 0 Å². The maximum absolute atomic E-state index is 12.2. The third kappa shape index (κ3) is 2.35. The lowest BCUT2D eigenvalue weighted by atomic mass is 10.3. The second-order valence-corrected chi connectivity index (χ2v) is 4.43. The molecule has 2 N–H and O–H groups in total. The highest BCUT2D eigenvalue weighted by Gasteiger charge is 2.33. The molecule has 1 saturated heterocycles. The van der Waals surface area contributed by atoms with Crippen molar-refractivity contribution in [2.24, 2.45) is 0 Å². The number of aromatic nitrogens is 1. The van der Waals surface area contributed by atoms with Crippen LogP contribution in [-0.2, 0) is 6.54 Å². The Morgan fingerprint density at radius 2 is 2.06 bits per heavy atom. The normalized spacial score (nSPS) is 24.3. The van der Waals surface area contributed by atoms with Gasteiger partial charge in [0.25, 0.3) is 5.91 Å². The number of amides is 1. The Bertz CT molecular complexity index is 392. The van der Waals surface area contributed by atoms with Crippen molar-refractivity contribution in [1.82, 2.24) is 9.47 Å². The highest BCUT2D eigenvalue weighted by Crippen LogP contribution is 2.15. The fourth-order valence-electron chi connectivity index (χ4n) is 2.14. The van der Waals surface area contributed by atoms with Gasteiger partial charge in [0.15, 0.2) is 0 Å². The van der Waals surface area contributed by atoms with Gasteiger partial charge in [-0.2, -0.15) is 0 Å². The fourth-order valence-corrected chi connectivity index (χ4v) is 2.14. The van der Waals surface area contributed by atoms with Crippen LogP contribution in [0.15, 0.2) is 18.3 Å². The van der Waals surface area contributed by atoms with Crippen molar-refractivity contribution in [2.75, 3.05) is 13.1 Å². The Labute approximate surface area is 100 Å². The van der Waals surface area contributed by atoms with Crippen LogP contribution in [0, 0.1) is 0 Å². The lowest BCUT2D eigenvalue weighted by Gasteiger charge is -2.16. The smallest absolute Gasteiger partial charge is 0.270 e. The Kier molecular flexibility index (Phi) is 3.49. The molecule has 2 rings (SSSR count). The van der Waals surface area contributed by atoms with E-state index in [9.17, 15) is 15.0 Å². The highest BCUT2D eigenvalue weighted by molar-refractivity contribution is 5.93. The zero-order chi connectivity index (χ0) is 12.4. The standard InChI is InChI=1S/C12H18N2O3/c1-2-5-13-6-3-4-9(13)12(17)14-7-10(15)11(16)8-14/h3-4,6,10-11,15-16H,2,5,7-8H2,1H3. The molecule has 17 heavy (non-hydrogen) atoms. The molecular weight excluding hydrogens is 220 g/mol. The van der Waals surface area contributed by atoms with Gasteiger partial charge < -0.3 is 19.7 Å². The molecule has 0 bridgehead atoms. The number of aryl methyl sites for hydroxylation is 1. The van der Waals surface area contributed by atoms with Crippen LogP contribution in [0.3, 0.4) is 0 Å².